The van der Waals surface area contributed by atoms with Gasteiger partial charge in [-0.3, -0.25) is 0 Å². The molecule has 0 unspecified atom stereocenters. The smallest absolute Gasteiger partial charge is 0.160 e. The molecular formula is C23H40O2. The summed E-state index contributed by atoms with van der Waals surface area (Å²) in [5, 5.41) is 9.61. The van der Waals surface area contributed by atoms with Crippen LogP contribution in [0.3, 0.4) is 0 Å². The van der Waals surface area contributed by atoms with Crippen LogP contribution in [0.1, 0.15) is 103 Å². The van der Waals surface area contributed by atoms with Crippen molar-refractivity contribution in [3.63, 3.8) is 0 Å². The Morgan fingerprint density at radius 3 is 1.56 bits per heavy atom. The lowest BCUT2D eigenvalue weighted by Crippen LogP contribution is -1.97. The van der Waals surface area contributed by atoms with Crippen LogP contribution in [-0.2, 0) is 0 Å². The summed E-state index contributed by atoms with van der Waals surface area (Å²) in [5.74, 6) is 0.844. The van der Waals surface area contributed by atoms with E-state index in [1.807, 2.05) is 18.2 Å². The SMILES string of the molecule is CCCCCCCCCCCCCCCCCOc1ccccc1O. The van der Waals surface area contributed by atoms with Gasteiger partial charge >= 0.3 is 0 Å². The molecule has 0 aliphatic carbocycles. The molecular weight excluding hydrogens is 308 g/mol. The maximum absolute atomic E-state index is 9.61. The lowest BCUT2D eigenvalue weighted by atomic mass is 10.0. The van der Waals surface area contributed by atoms with Crippen LogP contribution in [0.2, 0.25) is 0 Å². The largest absolute Gasteiger partial charge is 0.504 e. The monoisotopic (exact) mass is 348 g/mol. The molecule has 25 heavy (non-hydrogen) atoms. The van der Waals surface area contributed by atoms with Crippen LogP contribution in [0, 0.1) is 0 Å². The maximum Gasteiger partial charge on any atom is 0.160 e. The van der Waals surface area contributed by atoms with Gasteiger partial charge in [0.2, 0.25) is 0 Å². The van der Waals surface area contributed by atoms with E-state index in [9.17, 15) is 5.11 Å². The topological polar surface area (TPSA) is 29.5 Å². The lowest BCUT2D eigenvalue weighted by molar-refractivity contribution is 0.288. The van der Waals surface area contributed by atoms with Gasteiger partial charge < -0.3 is 9.84 Å². The van der Waals surface area contributed by atoms with Crippen LogP contribution in [0.15, 0.2) is 24.3 Å². The molecule has 2 nitrogen and oxygen atoms in total. The summed E-state index contributed by atoms with van der Waals surface area (Å²) < 4.78 is 5.60. The summed E-state index contributed by atoms with van der Waals surface area (Å²) >= 11 is 0. The van der Waals surface area contributed by atoms with Crippen LogP contribution < -0.4 is 4.74 Å². The number of benzene rings is 1. The van der Waals surface area contributed by atoms with Gasteiger partial charge in [0, 0.05) is 0 Å². The Balaban J connectivity index is 1.75. The van der Waals surface area contributed by atoms with Gasteiger partial charge in [-0.25, -0.2) is 0 Å². The number of phenols is 1. The molecule has 0 spiro atoms. The molecule has 0 amide bonds. The molecule has 0 radical (unpaired) electrons. The number of aromatic hydroxyl groups is 1. The van der Waals surface area contributed by atoms with Gasteiger partial charge in [0.05, 0.1) is 6.61 Å². The Hall–Kier alpha value is -1.18. The second-order valence-electron chi connectivity index (χ2n) is 7.27. The zero-order valence-electron chi connectivity index (χ0n) is 16.5. The first-order chi connectivity index (χ1) is 12.3. The Morgan fingerprint density at radius 1 is 0.640 bits per heavy atom. The molecule has 0 aliphatic heterocycles. The molecule has 144 valence electrons. The van der Waals surface area contributed by atoms with Gasteiger partial charge in [-0.15, -0.1) is 0 Å². The number of phenolic OH excluding ortho intramolecular Hbond substituents is 1. The van der Waals surface area contributed by atoms with E-state index in [1.54, 1.807) is 6.07 Å². The molecule has 0 atom stereocenters. The van der Waals surface area contributed by atoms with Gasteiger partial charge in [-0.05, 0) is 18.6 Å². The molecule has 0 saturated carbocycles. The Morgan fingerprint density at radius 2 is 1.08 bits per heavy atom. The van der Waals surface area contributed by atoms with E-state index in [2.05, 4.69) is 6.92 Å². The molecule has 0 bridgehead atoms. The van der Waals surface area contributed by atoms with Crippen molar-refractivity contribution in [1.82, 2.24) is 0 Å². The van der Waals surface area contributed by atoms with Crippen molar-refractivity contribution in [2.45, 2.75) is 103 Å². The molecule has 2 heteroatoms. The molecule has 0 aromatic heterocycles. The van der Waals surface area contributed by atoms with E-state index < -0.39 is 0 Å². The fourth-order valence-electron chi connectivity index (χ4n) is 3.23. The van der Waals surface area contributed by atoms with Crippen LogP contribution in [0.4, 0.5) is 0 Å². The molecule has 1 aromatic rings. The van der Waals surface area contributed by atoms with E-state index in [0.717, 1.165) is 6.42 Å². The quantitative estimate of drug-likeness (QED) is 0.293. The second-order valence-corrected chi connectivity index (χ2v) is 7.27. The molecule has 1 N–H and O–H groups in total. The van der Waals surface area contributed by atoms with E-state index in [4.69, 9.17) is 4.74 Å². The van der Waals surface area contributed by atoms with Crippen molar-refractivity contribution < 1.29 is 9.84 Å². The van der Waals surface area contributed by atoms with Crippen LogP contribution in [0.25, 0.3) is 0 Å². The second kappa shape index (κ2) is 16.3. The Kier molecular flexibility index (Phi) is 14.3. The Bertz CT molecular complexity index is 403. The fraction of sp³-hybridized carbons (Fsp3) is 0.739. The van der Waals surface area contributed by atoms with Gasteiger partial charge in [0.1, 0.15) is 0 Å². The summed E-state index contributed by atoms with van der Waals surface area (Å²) in [4.78, 5) is 0. The number of hydrogen-bond donors (Lipinski definition) is 1. The first-order valence-electron chi connectivity index (χ1n) is 10.8. The molecule has 1 aromatic carbocycles. The predicted molar refractivity (Wildman–Crippen MR) is 109 cm³/mol. The minimum absolute atomic E-state index is 0.239. The summed E-state index contributed by atoms with van der Waals surface area (Å²) in [6.45, 7) is 2.99. The normalized spacial score (nSPS) is 10.9. The minimum Gasteiger partial charge on any atom is -0.504 e. The number of ether oxygens (including phenoxy) is 1. The first kappa shape index (κ1) is 21.9. The van der Waals surface area contributed by atoms with Crippen LogP contribution >= 0.6 is 0 Å². The summed E-state index contributed by atoms with van der Waals surface area (Å²) in [5.41, 5.74) is 0. The molecule has 0 fully saturated rings. The van der Waals surface area contributed by atoms with E-state index in [-0.39, 0.29) is 5.75 Å². The highest BCUT2D eigenvalue weighted by Gasteiger charge is 1.99. The predicted octanol–water partition coefficient (Wildman–Crippen LogP) is 7.64. The van der Waals surface area contributed by atoms with Crippen LogP contribution in [0.5, 0.6) is 11.5 Å². The minimum atomic E-state index is 0.239. The van der Waals surface area contributed by atoms with Gasteiger partial charge in [-0.2, -0.15) is 0 Å². The standard InChI is InChI=1S/C23H40O2/c1-2-3-4-5-6-7-8-9-10-11-12-13-14-15-18-21-25-23-20-17-16-19-22(23)24/h16-17,19-20,24H,2-15,18,21H2,1H3. The van der Waals surface area contributed by atoms with Crippen molar-refractivity contribution in [1.29, 1.82) is 0 Å². The average Bonchev–Trinajstić information content (AvgIpc) is 2.63. The molecule has 0 heterocycles. The number of rotatable bonds is 17. The number of para-hydroxylation sites is 2. The van der Waals surface area contributed by atoms with E-state index >= 15 is 0 Å². The van der Waals surface area contributed by atoms with Crippen LogP contribution in [-0.4, -0.2) is 11.7 Å². The van der Waals surface area contributed by atoms with Crippen molar-refractivity contribution in [3.05, 3.63) is 24.3 Å². The van der Waals surface area contributed by atoms with Crippen molar-refractivity contribution >= 4 is 0 Å². The zero-order chi connectivity index (χ0) is 18.0. The van der Waals surface area contributed by atoms with Gasteiger partial charge in [-0.1, -0.05) is 109 Å². The number of hydrogen-bond acceptors (Lipinski definition) is 2. The average molecular weight is 349 g/mol. The fourth-order valence-corrected chi connectivity index (χ4v) is 3.23. The third kappa shape index (κ3) is 12.8. The third-order valence-electron chi connectivity index (χ3n) is 4.87. The lowest BCUT2D eigenvalue weighted by Gasteiger charge is -2.07. The highest BCUT2D eigenvalue weighted by Crippen LogP contribution is 2.24. The van der Waals surface area contributed by atoms with E-state index in [1.165, 1.54) is 89.9 Å². The molecule has 1 rings (SSSR count). The first-order valence-corrected chi connectivity index (χ1v) is 10.8. The molecule has 0 aliphatic rings. The van der Waals surface area contributed by atoms with Crippen molar-refractivity contribution in [2.75, 3.05) is 6.61 Å². The maximum atomic E-state index is 9.61. The highest BCUT2D eigenvalue weighted by atomic mass is 16.5. The van der Waals surface area contributed by atoms with E-state index in [0.29, 0.717) is 12.4 Å². The highest BCUT2D eigenvalue weighted by molar-refractivity contribution is 5.37. The van der Waals surface area contributed by atoms with Crippen molar-refractivity contribution in [3.8, 4) is 11.5 Å². The summed E-state index contributed by atoms with van der Waals surface area (Å²) in [6, 6.07) is 7.19. The summed E-state index contributed by atoms with van der Waals surface area (Å²) in [6.07, 6.45) is 20.6. The van der Waals surface area contributed by atoms with Gasteiger partial charge in [0.15, 0.2) is 11.5 Å². The number of unbranched alkanes of at least 4 members (excludes halogenated alkanes) is 14. The summed E-state index contributed by atoms with van der Waals surface area (Å²) in [7, 11) is 0. The van der Waals surface area contributed by atoms with Crippen molar-refractivity contribution in [2.24, 2.45) is 0 Å². The Labute approximate surface area is 156 Å². The molecule has 0 saturated heterocycles. The zero-order valence-corrected chi connectivity index (χ0v) is 16.5. The third-order valence-corrected chi connectivity index (χ3v) is 4.87. The van der Waals surface area contributed by atoms with Gasteiger partial charge in [0.25, 0.3) is 0 Å².